The molecule has 1 fully saturated rings. The number of amides is 2. The fraction of sp³-hybridized carbons (Fsp3) is 0.292. The van der Waals surface area contributed by atoms with E-state index in [-0.39, 0.29) is 11.5 Å². The van der Waals surface area contributed by atoms with Crippen LogP contribution in [0.15, 0.2) is 54.7 Å². The number of likely N-dealkylation sites (N-methyl/N-ethyl adjacent to an activating group) is 1. The summed E-state index contributed by atoms with van der Waals surface area (Å²) in [4.78, 5) is 29.7. The Morgan fingerprint density at radius 1 is 0.971 bits per heavy atom. The number of halogens is 3. The lowest BCUT2D eigenvalue weighted by Crippen LogP contribution is -2.47. The third kappa shape index (κ3) is 5.46. The van der Waals surface area contributed by atoms with E-state index in [1.54, 1.807) is 23.1 Å². The highest BCUT2D eigenvalue weighted by Crippen LogP contribution is 2.29. The number of nitrogens with one attached hydrogen (secondary N) is 1. The Bertz CT molecular complexity index is 1220. The zero-order valence-electron chi connectivity index (χ0n) is 19.2. The Morgan fingerprint density at radius 3 is 2.23 bits per heavy atom. The van der Waals surface area contributed by atoms with E-state index in [9.17, 15) is 22.8 Å². The Morgan fingerprint density at radius 2 is 1.63 bits per heavy atom. The third-order valence-electron chi connectivity index (χ3n) is 5.76. The van der Waals surface area contributed by atoms with Gasteiger partial charge < -0.3 is 19.9 Å². The quantitative estimate of drug-likeness (QED) is 0.596. The number of ether oxygens (including phenoxy) is 1. The van der Waals surface area contributed by atoms with Gasteiger partial charge in [0.1, 0.15) is 5.75 Å². The second-order valence-electron chi connectivity index (χ2n) is 8.15. The Kier molecular flexibility index (Phi) is 6.79. The number of methoxy groups -OCH3 is 1. The van der Waals surface area contributed by atoms with Crippen LogP contribution in [0.2, 0.25) is 0 Å². The summed E-state index contributed by atoms with van der Waals surface area (Å²) in [6.07, 6.45) is -3.34. The number of piperazine rings is 1. The van der Waals surface area contributed by atoms with Crippen LogP contribution in [0.4, 0.5) is 18.9 Å². The van der Waals surface area contributed by atoms with Crippen molar-refractivity contribution in [2.24, 2.45) is 0 Å². The van der Waals surface area contributed by atoms with Crippen molar-refractivity contribution in [3.63, 3.8) is 0 Å². The summed E-state index contributed by atoms with van der Waals surface area (Å²) >= 11 is 0. The fourth-order valence-electron chi connectivity index (χ4n) is 3.71. The van der Waals surface area contributed by atoms with E-state index in [2.05, 4.69) is 15.3 Å². The maximum atomic E-state index is 12.9. The smallest absolute Gasteiger partial charge is 0.435 e. The van der Waals surface area contributed by atoms with Gasteiger partial charge in [0.25, 0.3) is 11.8 Å². The van der Waals surface area contributed by atoms with Gasteiger partial charge in [-0.25, -0.2) is 4.68 Å². The molecule has 0 unspecified atom stereocenters. The highest BCUT2D eigenvalue weighted by Gasteiger charge is 2.33. The van der Waals surface area contributed by atoms with Crippen molar-refractivity contribution >= 4 is 17.5 Å². The SMILES string of the molecule is COc1ccc(C(=O)N2CCN(C)CC2)cc1NC(=O)c1ccc(-n2ccc(C(F)(F)F)n2)cc1. The number of benzene rings is 2. The number of aromatic nitrogens is 2. The van der Waals surface area contributed by atoms with Crippen molar-refractivity contribution in [3.8, 4) is 11.4 Å². The van der Waals surface area contributed by atoms with Crippen LogP contribution in [-0.2, 0) is 6.18 Å². The van der Waals surface area contributed by atoms with Gasteiger partial charge in [0.15, 0.2) is 5.69 Å². The standard InChI is InChI=1S/C24H24F3N5O3/c1-30-11-13-31(14-12-30)23(34)17-5-8-20(35-2)19(15-17)28-22(33)16-3-6-18(7-4-16)32-10-9-21(29-32)24(25,26)27/h3-10,15H,11-14H2,1-2H3,(H,28,33). The molecule has 0 spiro atoms. The minimum atomic E-state index is -4.54. The maximum Gasteiger partial charge on any atom is 0.435 e. The summed E-state index contributed by atoms with van der Waals surface area (Å²) in [5.41, 5.74) is 0.408. The predicted molar refractivity (Wildman–Crippen MR) is 123 cm³/mol. The van der Waals surface area contributed by atoms with Crippen LogP contribution in [0.3, 0.4) is 0 Å². The van der Waals surface area contributed by atoms with Crippen LogP contribution in [0, 0.1) is 0 Å². The molecule has 1 saturated heterocycles. The summed E-state index contributed by atoms with van der Waals surface area (Å²) in [6, 6.07) is 11.7. The number of nitrogens with zero attached hydrogens (tertiary/aromatic N) is 4. The molecule has 0 bridgehead atoms. The first-order chi connectivity index (χ1) is 16.7. The topological polar surface area (TPSA) is 79.7 Å². The molecule has 2 amide bonds. The van der Waals surface area contributed by atoms with E-state index in [1.165, 1.54) is 37.6 Å². The molecule has 0 saturated carbocycles. The van der Waals surface area contributed by atoms with Crippen molar-refractivity contribution in [1.82, 2.24) is 19.6 Å². The molecule has 1 aromatic heterocycles. The van der Waals surface area contributed by atoms with E-state index < -0.39 is 17.8 Å². The van der Waals surface area contributed by atoms with Gasteiger partial charge in [0.2, 0.25) is 0 Å². The molecule has 2 aromatic carbocycles. The van der Waals surface area contributed by atoms with Gasteiger partial charge in [-0.3, -0.25) is 9.59 Å². The normalized spacial score (nSPS) is 14.6. The molecule has 2 heterocycles. The molecular formula is C24H24F3N5O3. The minimum Gasteiger partial charge on any atom is -0.495 e. The lowest BCUT2D eigenvalue weighted by Gasteiger charge is -2.32. The molecular weight excluding hydrogens is 463 g/mol. The van der Waals surface area contributed by atoms with Crippen molar-refractivity contribution in [1.29, 1.82) is 0 Å². The van der Waals surface area contributed by atoms with Gasteiger partial charge in [0, 0.05) is 43.5 Å². The summed E-state index contributed by atoms with van der Waals surface area (Å²) in [5.74, 6) is -0.199. The fourth-order valence-corrected chi connectivity index (χ4v) is 3.71. The molecule has 8 nitrogen and oxygen atoms in total. The molecule has 1 aliphatic rings. The van der Waals surface area contributed by atoms with Crippen molar-refractivity contribution in [3.05, 3.63) is 71.5 Å². The number of alkyl halides is 3. The zero-order valence-corrected chi connectivity index (χ0v) is 19.2. The summed E-state index contributed by atoms with van der Waals surface area (Å²) in [5, 5.41) is 6.27. The largest absolute Gasteiger partial charge is 0.495 e. The average molecular weight is 487 g/mol. The molecule has 184 valence electrons. The average Bonchev–Trinajstić information content (AvgIpc) is 3.35. The van der Waals surface area contributed by atoms with E-state index in [1.807, 2.05) is 7.05 Å². The molecule has 0 aliphatic carbocycles. The highest BCUT2D eigenvalue weighted by atomic mass is 19.4. The Hall–Kier alpha value is -3.86. The minimum absolute atomic E-state index is 0.127. The Labute approximate surface area is 199 Å². The van der Waals surface area contributed by atoms with Crippen LogP contribution in [0.1, 0.15) is 26.4 Å². The maximum absolute atomic E-state index is 12.9. The number of rotatable bonds is 5. The second-order valence-corrected chi connectivity index (χ2v) is 8.15. The number of carbonyl (C=O) groups is 2. The second kappa shape index (κ2) is 9.79. The molecule has 0 atom stereocenters. The number of carbonyl (C=O) groups excluding carboxylic acids is 2. The highest BCUT2D eigenvalue weighted by molar-refractivity contribution is 6.06. The lowest BCUT2D eigenvalue weighted by atomic mass is 10.1. The Balaban J connectivity index is 1.49. The molecule has 4 rings (SSSR count). The number of hydrogen-bond donors (Lipinski definition) is 1. The van der Waals surface area contributed by atoms with Gasteiger partial charge in [-0.1, -0.05) is 0 Å². The monoisotopic (exact) mass is 487 g/mol. The van der Waals surface area contributed by atoms with Crippen molar-refractivity contribution in [2.45, 2.75) is 6.18 Å². The molecule has 1 N–H and O–H groups in total. The van der Waals surface area contributed by atoms with Crippen molar-refractivity contribution < 1.29 is 27.5 Å². The van der Waals surface area contributed by atoms with Crippen LogP contribution in [0.5, 0.6) is 5.75 Å². The molecule has 35 heavy (non-hydrogen) atoms. The first-order valence-corrected chi connectivity index (χ1v) is 10.9. The van der Waals surface area contributed by atoms with Gasteiger partial charge in [-0.2, -0.15) is 18.3 Å². The first-order valence-electron chi connectivity index (χ1n) is 10.9. The lowest BCUT2D eigenvalue weighted by molar-refractivity contribution is -0.141. The predicted octanol–water partition coefficient (Wildman–Crippen LogP) is 3.54. The van der Waals surface area contributed by atoms with Gasteiger partial charge in [-0.05, 0) is 55.6 Å². The summed E-state index contributed by atoms with van der Waals surface area (Å²) < 4.78 is 44.8. The van der Waals surface area contributed by atoms with E-state index >= 15 is 0 Å². The molecule has 1 aliphatic heterocycles. The number of anilines is 1. The van der Waals surface area contributed by atoms with E-state index in [4.69, 9.17) is 4.74 Å². The van der Waals surface area contributed by atoms with Crippen LogP contribution in [0.25, 0.3) is 5.69 Å². The van der Waals surface area contributed by atoms with Gasteiger partial charge >= 0.3 is 6.18 Å². The van der Waals surface area contributed by atoms with E-state index in [0.717, 1.165) is 23.8 Å². The molecule has 0 radical (unpaired) electrons. The number of hydrogen-bond acceptors (Lipinski definition) is 5. The van der Waals surface area contributed by atoms with Crippen LogP contribution >= 0.6 is 0 Å². The third-order valence-corrected chi connectivity index (χ3v) is 5.76. The zero-order chi connectivity index (χ0) is 25.2. The summed E-state index contributed by atoms with van der Waals surface area (Å²) in [6.45, 7) is 2.82. The molecule has 11 heteroatoms. The molecule has 3 aromatic rings. The van der Waals surface area contributed by atoms with E-state index in [0.29, 0.717) is 35.8 Å². The van der Waals surface area contributed by atoms with Crippen molar-refractivity contribution in [2.75, 3.05) is 45.7 Å². The van der Waals surface area contributed by atoms with Crippen LogP contribution < -0.4 is 10.1 Å². The van der Waals surface area contributed by atoms with Crippen LogP contribution in [-0.4, -0.2) is 71.7 Å². The van der Waals surface area contributed by atoms with Gasteiger partial charge in [0.05, 0.1) is 18.5 Å². The van der Waals surface area contributed by atoms with Gasteiger partial charge in [-0.15, -0.1) is 0 Å². The summed E-state index contributed by atoms with van der Waals surface area (Å²) in [7, 11) is 3.46. The first kappa shape index (κ1) is 24.3.